The number of fused-ring (bicyclic) bond motifs is 1. The third-order valence-electron chi connectivity index (χ3n) is 8.05. The minimum absolute atomic E-state index is 0.107. The normalized spacial score (nSPS) is 17.3. The number of nitrogens with zero attached hydrogens (tertiary/aromatic N) is 7. The number of morpholine rings is 1. The number of hydrogen-bond acceptors (Lipinski definition) is 11. The second kappa shape index (κ2) is 12.6. The largest absolute Gasteiger partial charge is 0.387 e. The number of ether oxygens (including phenoxy) is 1. The zero-order valence-corrected chi connectivity index (χ0v) is 25.4. The molecule has 4 heterocycles. The van der Waals surface area contributed by atoms with Crippen molar-refractivity contribution in [1.29, 1.82) is 5.41 Å². The van der Waals surface area contributed by atoms with Crippen LogP contribution >= 0.6 is 0 Å². The Balaban J connectivity index is 1.36. The van der Waals surface area contributed by atoms with Gasteiger partial charge in [0.1, 0.15) is 23.2 Å². The molecule has 5 rings (SSSR count). The molecule has 2 fully saturated rings. The Morgan fingerprint density at radius 3 is 2.53 bits per heavy atom. The molecule has 0 atom stereocenters. The third-order valence-corrected chi connectivity index (χ3v) is 8.05. The van der Waals surface area contributed by atoms with E-state index in [1.165, 1.54) is 6.33 Å². The Hall–Kier alpha value is -4.23. The molecule has 2 saturated heterocycles. The summed E-state index contributed by atoms with van der Waals surface area (Å²) in [5.41, 5.74) is 15.3. The molecular formula is C30H41N11O2. The van der Waals surface area contributed by atoms with Gasteiger partial charge in [0.25, 0.3) is 5.91 Å². The molecule has 0 aliphatic carbocycles. The first-order valence-electron chi connectivity index (χ1n) is 14.7. The van der Waals surface area contributed by atoms with Crippen molar-refractivity contribution in [2.45, 2.75) is 53.0 Å². The first-order chi connectivity index (χ1) is 20.5. The van der Waals surface area contributed by atoms with E-state index in [9.17, 15) is 4.79 Å². The number of benzene rings is 1. The molecule has 2 aliphatic heterocycles. The minimum atomic E-state index is -0.482. The molecular weight excluding hydrogens is 546 g/mol. The summed E-state index contributed by atoms with van der Waals surface area (Å²) in [5, 5.41) is 11.5. The fourth-order valence-corrected chi connectivity index (χ4v) is 5.26. The molecule has 228 valence electrons. The van der Waals surface area contributed by atoms with E-state index in [0.29, 0.717) is 45.8 Å². The number of rotatable bonds is 7. The lowest BCUT2D eigenvalue weighted by Crippen LogP contribution is -2.49. The summed E-state index contributed by atoms with van der Waals surface area (Å²) in [4.78, 5) is 39.9. The van der Waals surface area contributed by atoms with E-state index in [-0.39, 0.29) is 23.5 Å². The number of aromatic nitrogens is 4. The van der Waals surface area contributed by atoms with Gasteiger partial charge in [-0.3, -0.25) is 9.69 Å². The number of amides is 1. The molecule has 13 nitrogen and oxygen atoms in total. The van der Waals surface area contributed by atoms with Crippen molar-refractivity contribution < 1.29 is 9.53 Å². The van der Waals surface area contributed by atoms with Gasteiger partial charge in [-0.25, -0.2) is 15.0 Å². The number of nitrogens with one attached hydrogen (secondary N) is 2. The molecule has 2 aliphatic rings. The SMILES string of the molecule is Cc1ccc(C(=O)N=C(N)CC(=N)C(C)(C)C)cc1Nc1ncnc2c(N)nc(N3CCC(N4CCOCC4)CC3)nc12. The van der Waals surface area contributed by atoms with Crippen molar-refractivity contribution >= 4 is 51.8 Å². The summed E-state index contributed by atoms with van der Waals surface area (Å²) in [6, 6.07) is 5.77. The van der Waals surface area contributed by atoms with Crippen LogP contribution in [-0.4, -0.2) is 87.7 Å². The monoisotopic (exact) mass is 587 g/mol. The molecule has 0 radical (unpaired) electrons. The highest BCUT2D eigenvalue weighted by Gasteiger charge is 2.28. The zero-order chi connectivity index (χ0) is 30.7. The average Bonchev–Trinajstić information content (AvgIpc) is 2.98. The maximum Gasteiger partial charge on any atom is 0.278 e. The van der Waals surface area contributed by atoms with Crippen molar-refractivity contribution in [2.24, 2.45) is 16.1 Å². The first-order valence-corrected chi connectivity index (χ1v) is 14.7. The van der Waals surface area contributed by atoms with Gasteiger partial charge in [-0.2, -0.15) is 9.98 Å². The zero-order valence-electron chi connectivity index (χ0n) is 25.4. The highest BCUT2D eigenvalue weighted by Crippen LogP contribution is 2.29. The van der Waals surface area contributed by atoms with Gasteiger partial charge in [-0.15, -0.1) is 0 Å². The summed E-state index contributed by atoms with van der Waals surface area (Å²) < 4.78 is 5.51. The Morgan fingerprint density at radius 1 is 1.12 bits per heavy atom. The van der Waals surface area contributed by atoms with Crippen molar-refractivity contribution in [2.75, 3.05) is 55.3 Å². The Morgan fingerprint density at radius 2 is 1.84 bits per heavy atom. The Bertz CT molecular complexity index is 1540. The smallest absolute Gasteiger partial charge is 0.278 e. The van der Waals surface area contributed by atoms with Crippen LogP contribution in [0.15, 0.2) is 29.5 Å². The van der Waals surface area contributed by atoms with Crippen molar-refractivity contribution in [3.63, 3.8) is 0 Å². The van der Waals surface area contributed by atoms with E-state index in [0.717, 1.165) is 57.8 Å². The van der Waals surface area contributed by atoms with Gasteiger partial charge in [0.05, 0.1) is 13.2 Å². The Kier molecular flexibility index (Phi) is 8.83. The van der Waals surface area contributed by atoms with E-state index in [4.69, 9.17) is 26.6 Å². The van der Waals surface area contributed by atoms with E-state index >= 15 is 0 Å². The molecule has 1 amide bonds. The standard InChI is InChI=1S/C30H41N11O2/c1-18-5-6-19(28(42)37-23(32)16-22(31)30(2,3)4)15-21(18)36-27-25-24(34-17-35-27)26(33)39-29(38-25)41-9-7-20(8-10-41)40-11-13-43-14-12-40/h5-6,15,17,20,31H,7-14,16H2,1-4H3,(H2,32,37,42)(H2,33,38,39)(H,34,35,36). The number of nitrogens with two attached hydrogens (primary N) is 2. The number of nitrogen functional groups attached to an aromatic ring is 1. The molecule has 0 bridgehead atoms. The summed E-state index contributed by atoms with van der Waals surface area (Å²) in [6.45, 7) is 12.9. The number of aliphatic imine (C=N–C) groups is 1. The van der Waals surface area contributed by atoms with Gasteiger partial charge < -0.3 is 31.8 Å². The second-order valence-corrected chi connectivity index (χ2v) is 12.2. The predicted octanol–water partition coefficient (Wildman–Crippen LogP) is 3.31. The number of carbonyl (C=O) groups excluding carboxylic acids is 1. The van der Waals surface area contributed by atoms with E-state index in [1.54, 1.807) is 12.1 Å². The molecule has 2 aromatic heterocycles. The summed E-state index contributed by atoms with van der Waals surface area (Å²) >= 11 is 0. The van der Waals surface area contributed by atoms with Gasteiger partial charge in [-0.1, -0.05) is 26.8 Å². The number of piperidine rings is 1. The lowest BCUT2D eigenvalue weighted by Gasteiger charge is -2.40. The van der Waals surface area contributed by atoms with Crippen LogP contribution in [0.25, 0.3) is 11.0 Å². The fourth-order valence-electron chi connectivity index (χ4n) is 5.26. The van der Waals surface area contributed by atoms with Gasteiger partial charge in [-0.05, 0) is 42.9 Å². The topological polar surface area (TPSA) is 185 Å². The highest BCUT2D eigenvalue weighted by molar-refractivity contribution is 6.10. The average molecular weight is 588 g/mol. The molecule has 6 N–H and O–H groups in total. The van der Waals surface area contributed by atoms with Crippen molar-refractivity contribution in [3.8, 4) is 0 Å². The van der Waals surface area contributed by atoms with E-state index in [2.05, 4.69) is 35.1 Å². The van der Waals surface area contributed by atoms with Crippen LogP contribution in [0.1, 0.15) is 56.0 Å². The number of carbonyl (C=O) groups is 1. The van der Waals surface area contributed by atoms with Gasteiger partial charge in [0, 0.05) is 55.6 Å². The lowest BCUT2D eigenvalue weighted by atomic mass is 9.88. The van der Waals surface area contributed by atoms with Gasteiger partial charge >= 0.3 is 0 Å². The molecule has 3 aromatic rings. The summed E-state index contributed by atoms with van der Waals surface area (Å²) in [7, 11) is 0. The minimum Gasteiger partial charge on any atom is -0.387 e. The van der Waals surface area contributed by atoms with Crippen LogP contribution in [0, 0.1) is 17.7 Å². The number of amidine groups is 1. The highest BCUT2D eigenvalue weighted by atomic mass is 16.5. The van der Waals surface area contributed by atoms with Crippen LogP contribution in [0.5, 0.6) is 0 Å². The predicted molar refractivity (Wildman–Crippen MR) is 169 cm³/mol. The van der Waals surface area contributed by atoms with E-state index < -0.39 is 5.91 Å². The molecule has 0 saturated carbocycles. The van der Waals surface area contributed by atoms with Crippen LogP contribution in [-0.2, 0) is 4.74 Å². The third kappa shape index (κ3) is 7.05. The van der Waals surface area contributed by atoms with Crippen LogP contribution in [0.4, 0.5) is 23.3 Å². The lowest BCUT2D eigenvalue weighted by molar-refractivity contribution is 0.0114. The molecule has 0 unspecified atom stereocenters. The van der Waals surface area contributed by atoms with Crippen LogP contribution in [0.2, 0.25) is 0 Å². The summed E-state index contributed by atoms with van der Waals surface area (Å²) in [5.74, 6) is 0.916. The number of anilines is 4. The van der Waals surface area contributed by atoms with E-state index in [1.807, 2.05) is 33.8 Å². The summed E-state index contributed by atoms with van der Waals surface area (Å²) in [6.07, 6.45) is 3.58. The Labute approximate surface area is 251 Å². The first kappa shape index (κ1) is 30.2. The molecule has 13 heteroatoms. The number of hydrogen-bond donors (Lipinski definition) is 4. The van der Waals surface area contributed by atoms with Crippen molar-refractivity contribution in [3.05, 3.63) is 35.7 Å². The quantitative estimate of drug-likeness (QED) is 0.235. The van der Waals surface area contributed by atoms with Gasteiger partial charge in [0.15, 0.2) is 11.6 Å². The second-order valence-electron chi connectivity index (χ2n) is 12.2. The van der Waals surface area contributed by atoms with Crippen molar-refractivity contribution in [1.82, 2.24) is 24.8 Å². The van der Waals surface area contributed by atoms with Crippen LogP contribution < -0.4 is 21.7 Å². The molecule has 43 heavy (non-hydrogen) atoms. The maximum atomic E-state index is 13.0. The maximum absolute atomic E-state index is 13.0. The number of aryl methyl sites for hydroxylation is 1. The molecule has 0 spiro atoms. The van der Waals surface area contributed by atoms with Gasteiger partial charge in [0.2, 0.25) is 5.95 Å². The van der Waals surface area contributed by atoms with Crippen LogP contribution in [0.3, 0.4) is 0 Å². The fraction of sp³-hybridized carbons (Fsp3) is 0.500. The molecule has 1 aromatic carbocycles.